The van der Waals surface area contributed by atoms with Crippen molar-refractivity contribution >= 4 is 5.91 Å². The number of rotatable bonds is 6. The molecule has 1 saturated carbocycles. The van der Waals surface area contributed by atoms with Crippen LogP contribution in [0.2, 0.25) is 0 Å². The highest BCUT2D eigenvalue weighted by molar-refractivity contribution is 5.94. The van der Waals surface area contributed by atoms with Gasteiger partial charge in [-0.15, -0.1) is 0 Å². The van der Waals surface area contributed by atoms with E-state index in [1.165, 1.54) is 31.4 Å². The van der Waals surface area contributed by atoms with Crippen LogP contribution in [0.5, 0.6) is 0 Å². The summed E-state index contributed by atoms with van der Waals surface area (Å²) in [5, 5.41) is 3.07. The summed E-state index contributed by atoms with van der Waals surface area (Å²) in [6, 6.07) is 22.2. The second-order valence-corrected chi connectivity index (χ2v) is 9.28. The fourth-order valence-electron chi connectivity index (χ4n) is 4.75. The number of halogens is 3. The Kier molecular flexibility index (Phi) is 7.74. The molecule has 182 valence electrons. The van der Waals surface area contributed by atoms with Crippen molar-refractivity contribution in [3.05, 3.63) is 107 Å². The van der Waals surface area contributed by atoms with Crippen LogP contribution in [0.25, 0.3) is 11.1 Å². The topological polar surface area (TPSA) is 29.1 Å². The molecule has 0 bridgehead atoms. The maximum Gasteiger partial charge on any atom is 0.416 e. The number of hydrogen-bond acceptors (Lipinski definition) is 1. The quantitative estimate of drug-likeness (QED) is 0.355. The van der Waals surface area contributed by atoms with Gasteiger partial charge in [0.2, 0.25) is 0 Å². The Morgan fingerprint density at radius 3 is 2.06 bits per heavy atom. The molecule has 1 aliphatic rings. The normalized spacial score (nSPS) is 16.1. The van der Waals surface area contributed by atoms with Gasteiger partial charge in [0.05, 0.1) is 11.6 Å². The molecule has 2 nitrogen and oxygen atoms in total. The van der Waals surface area contributed by atoms with Crippen LogP contribution in [0.3, 0.4) is 0 Å². The Bertz CT molecular complexity index is 1140. The van der Waals surface area contributed by atoms with Crippen LogP contribution in [-0.2, 0) is 6.18 Å². The first-order valence-electron chi connectivity index (χ1n) is 12.1. The lowest BCUT2D eigenvalue weighted by Gasteiger charge is -2.24. The minimum atomic E-state index is -4.43. The summed E-state index contributed by atoms with van der Waals surface area (Å²) in [6.07, 6.45) is 3.80. The van der Waals surface area contributed by atoms with E-state index in [0.29, 0.717) is 5.92 Å². The molecule has 0 aliphatic heterocycles. The number of alkyl halides is 3. The fourth-order valence-corrected chi connectivity index (χ4v) is 4.75. The zero-order valence-electron chi connectivity index (χ0n) is 19.8. The van der Waals surface area contributed by atoms with Gasteiger partial charge in [0.15, 0.2) is 0 Å². The number of hydrogen-bond donors (Lipinski definition) is 1. The third-order valence-electron chi connectivity index (χ3n) is 6.70. The number of nitrogens with one attached hydrogen (secondary N) is 1. The van der Waals surface area contributed by atoms with Crippen molar-refractivity contribution in [2.75, 3.05) is 0 Å². The SMILES string of the molecule is CC(=CC1CCCCC1)[C@@H](NC(=O)c1ccc(C(F)(F)F)cc1)c1ccc(-c2ccccc2)cc1. The van der Waals surface area contributed by atoms with E-state index in [4.69, 9.17) is 0 Å². The van der Waals surface area contributed by atoms with E-state index in [2.05, 4.69) is 11.4 Å². The molecule has 1 N–H and O–H groups in total. The third-order valence-corrected chi connectivity index (χ3v) is 6.70. The molecule has 3 aromatic rings. The van der Waals surface area contributed by atoms with Gasteiger partial charge in [0.1, 0.15) is 0 Å². The summed E-state index contributed by atoms with van der Waals surface area (Å²) in [7, 11) is 0. The van der Waals surface area contributed by atoms with Gasteiger partial charge < -0.3 is 5.32 Å². The third kappa shape index (κ3) is 6.41. The van der Waals surface area contributed by atoms with E-state index in [0.717, 1.165) is 47.2 Å². The van der Waals surface area contributed by atoms with E-state index in [-0.39, 0.29) is 11.6 Å². The van der Waals surface area contributed by atoms with Crippen LogP contribution in [0.1, 0.15) is 66.6 Å². The average Bonchev–Trinajstić information content (AvgIpc) is 2.88. The van der Waals surface area contributed by atoms with Crippen LogP contribution in [0, 0.1) is 5.92 Å². The molecule has 4 rings (SSSR count). The Morgan fingerprint density at radius 1 is 0.857 bits per heavy atom. The molecule has 35 heavy (non-hydrogen) atoms. The highest BCUT2D eigenvalue weighted by atomic mass is 19.4. The van der Waals surface area contributed by atoms with E-state index < -0.39 is 17.6 Å². The van der Waals surface area contributed by atoms with Crippen molar-refractivity contribution in [2.45, 2.75) is 51.2 Å². The lowest BCUT2D eigenvalue weighted by Crippen LogP contribution is -2.29. The van der Waals surface area contributed by atoms with Gasteiger partial charge in [-0.1, -0.05) is 85.5 Å². The van der Waals surface area contributed by atoms with E-state index in [9.17, 15) is 18.0 Å². The smallest absolute Gasteiger partial charge is 0.341 e. The van der Waals surface area contributed by atoms with Gasteiger partial charge in [-0.25, -0.2) is 0 Å². The molecule has 0 saturated heterocycles. The van der Waals surface area contributed by atoms with Crippen LogP contribution in [0.4, 0.5) is 13.2 Å². The molecule has 0 radical (unpaired) electrons. The van der Waals surface area contributed by atoms with Crippen LogP contribution in [-0.4, -0.2) is 5.91 Å². The number of amides is 1. The van der Waals surface area contributed by atoms with E-state index in [1.54, 1.807) is 0 Å². The average molecular weight is 478 g/mol. The summed E-state index contributed by atoms with van der Waals surface area (Å²) in [5.74, 6) is 0.0880. The Hall–Kier alpha value is -3.34. The fraction of sp³-hybridized carbons (Fsp3) is 0.300. The lowest BCUT2D eigenvalue weighted by molar-refractivity contribution is -0.137. The second-order valence-electron chi connectivity index (χ2n) is 9.28. The zero-order chi connectivity index (χ0) is 24.8. The number of carbonyl (C=O) groups is 1. The summed E-state index contributed by atoms with van der Waals surface area (Å²) in [4.78, 5) is 13.1. The predicted molar refractivity (Wildman–Crippen MR) is 134 cm³/mol. The molecule has 1 amide bonds. The van der Waals surface area contributed by atoms with Gasteiger partial charge in [0.25, 0.3) is 5.91 Å². The number of carbonyl (C=O) groups excluding carboxylic acids is 1. The molecule has 1 atom stereocenters. The molecular weight excluding hydrogens is 447 g/mol. The van der Waals surface area contributed by atoms with Gasteiger partial charge in [0, 0.05) is 5.56 Å². The van der Waals surface area contributed by atoms with Crippen molar-refractivity contribution in [3.63, 3.8) is 0 Å². The summed E-state index contributed by atoms with van der Waals surface area (Å²) in [5.41, 5.74) is 3.61. The molecular formula is C30H30F3NO. The molecule has 0 spiro atoms. The number of allylic oxidation sites excluding steroid dienone is 1. The lowest BCUT2D eigenvalue weighted by atomic mass is 9.86. The van der Waals surface area contributed by atoms with Crippen LogP contribution < -0.4 is 5.32 Å². The van der Waals surface area contributed by atoms with Crippen LogP contribution >= 0.6 is 0 Å². The summed E-state index contributed by atoms with van der Waals surface area (Å²) >= 11 is 0. The monoisotopic (exact) mass is 477 g/mol. The maximum atomic E-state index is 13.1. The van der Waals surface area contributed by atoms with Crippen molar-refractivity contribution < 1.29 is 18.0 Å². The van der Waals surface area contributed by atoms with Gasteiger partial charge >= 0.3 is 6.18 Å². The predicted octanol–water partition coefficient (Wildman–Crippen LogP) is 8.37. The molecule has 1 aliphatic carbocycles. The Morgan fingerprint density at radius 2 is 1.46 bits per heavy atom. The highest BCUT2D eigenvalue weighted by Gasteiger charge is 2.30. The first-order chi connectivity index (χ1) is 16.8. The molecule has 0 aromatic heterocycles. The standard InChI is InChI=1S/C30H30F3NO/c1-21(20-22-8-4-2-5-9-22)28(25-14-12-24(13-15-25)23-10-6-3-7-11-23)34-29(35)26-16-18-27(19-17-26)30(31,32)33/h3,6-7,10-20,22,28H,2,4-5,8-9H2,1H3,(H,34,35)/t28-/m1/s1. The highest BCUT2D eigenvalue weighted by Crippen LogP contribution is 2.32. The summed E-state index contributed by atoms with van der Waals surface area (Å²) in [6.45, 7) is 2.03. The zero-order valence-corrected chi connectivity index (χ0v) is 19.8. The minimum Gasteiger partial charge on any atom is -0.341 e. The minimum absolute atomic E-state index is 0.203. The van der Waals surface area contributed by atoms with Crippen molar-refractivity contribution in [1.29, 1.82) is 0 Å². The first kappa shape index (κ1) is 24.8. The Balaban J connectivity index is 1.60. The summed E-state index contributed by atoms with van der Waals surface area (Å²) < 4.78 is 38.8. The molecule has 0 unspecified atom stereocenters. The molecule has 0 heterocycles. The number of benzene rings is 3. The van der Waals surface area contributed by atoms with Crippen molar-refractivity contribution in [2.24, 2.45) is 5.92 Å². The molecule has 5 heteroatoms. The van der Waals surface area contributed by atoms with Crippen LogP contribution in [0.15, 0.2) is 90.5 Å². The Labute approximate surface area is 204 Å². The van der Waals surface area contributed by atoms with Gasteiger partial charge in [-0.2, -0.15) is 13.2 Å². The van der Waals surface area contributed by atoms with E-state index in [1.807, 2.05) is 61.5 Å². The maximum absolute atomic E-state index is 13.1. The molecule has 1 fully saturated rings. The second kappa shape index (κ2) is 10.9. The van der Waals surface area contributed by atoms with Gasteiger partial charge in [-0.05, 0) is 66.6 Å². The van der Waals surface area contributed by atoms with Crippen molar-refractivity contribution in [1.82, 2.24) is 5.32 Å². The molecule has 3 aromatic carbocycles. The largest absolute Gasteiger partial charge is 0.416 e. The first-order valence-corrected chi connectivity index (χ1v) is 12.1. The van der Waals surface area contributed by atoms with Gasteiger partial charge in [-0.3, -0.25) is 4.79 Å². The van der Waals surface area contributed by atoms with E-state index >= 15 is 0 Å². The van der Waals surface area contributed by atoms with Crippen molar-refractivity contribution in [3.8, 4) is 11.1 Å².